The molecule has 2 heterocycles. The zero-order chi connectivity index (χ0) is 13.8. The lowest BCUT2D eigenvalue weighted by molar-refractivity contribution is 0.356. The molecule has 0 saturated heterocycles. The van der Waals surface area contributed by atoms with Crippen molar-refractivity contribution in [1.82, 2.24) is 10.3 Å². The largest absolute Gasteiger partial charge is 0.493 e. The number of hydrogen-bond donors (Lipinski definition) is 1. The molecule has 3 nitrogen and oxygen atoms in total. The Morgan fingerprint density at radius 1 is 1.30 bits per heavy atom. The van der Waals surface area contributed by atoms with Crippen molar-refractivity contribution in [3.05, 3.63) is 59.4 Å². The van der Waals surface area contributed by atoms with E-state index in [1.165, 1.54) is 11.1 Å². The Morgan fingerprint density at radius 2 is 2.25 bits per heavy atom. The van der Waals surface area contributed by atoms with E-state index in [4.69, 9.17) is 4.74 Å². The molecule has 0 spiro atoms. The van der Waals surface area contributed by atoms with Gasteiger partial charge in [0.2, 0.25) is 0 Å². The third kappa shape index (κ3) is 2.99. The van der Waals surface area contributed by atoms with E-state index in [-0.39, 0.29) is 0 Å². The molecular weight excluding hydrogens is 248 g/mol. The number of rotatable bonds is 5. The highest BCUT2D eigenvalue weighted by molar-refractivity contribution is 5.40. The third-order valence-corrected chi connectivity index (χ3v) is 3.77. The van der Waals surface area contributed by atoms with Crippen LogP contribution in [-0.2, 0) is 12.8 Å². The van der Waals surface area contributed by atoms with Crippen LogP contribution in [0.3, 0.4) is 0 Å². The van der Waals surface area contributed by atoms with Crippen molar-refractivity contribution in [3.63, 3.8) is 0 Å². The van der Waals surface area contributed by atoms with Crippen molar-refractivity contribution < 1.29 is 4.74 Å². The van der Waals surface area contributed by atoms with E-state index in [1.54, 1.807) is 0 Å². The van der Waals surface area contributed by atoms with Crippen molar-refractivity contribution >= 4 is 0 Å². The first-order valence-corrected chi connectivity index (χ1v) is 7.22. The van der Waals surface area contributed by atoms with Gasteiger partial charge in [-0.15, -0.1) is 0 Å². The smallest absolute Gasteiger partial charge is 0.122 e. The minimum Gasteiger partial charge on any atom is -0.493 e. The molecule has 1 aliphatic rings. The summed E-state index contributed by atoms with van der Waals surface area (Å²) in [5.74, 6) is 1.05. The van der Waals surface area contributed by atoms with Crippen LogP contribution in [0.1, 0.15) is 29.8 Å². The Hall–Kier alpha value is -1.87. The Morgan fingerprint density at radius 3 is 3.10 bits per heavy atom. The van der Waals surface area contributed by atoms with E-state index in [0.29, 0.717) is 6.04 Å². The van der Waals surface area contributed by atoms with Crippen molar-refractivity contribution in [2.45, 2.75) is 25.8 Å². The standard InChI is InChI=1S/C17H20N2O/c1-13(18-10-7-16-4-2-3-9-19-16)14-5-6-17-15(12-14)8-11-20-17/h2-6,9,12-13,18H,7-8,10-11H2,1H3. The number of nitrogens with one attached hydrogen (secondary N) is 1. The number of nitrogens with zero attached hydrogens (tertiary/aromatic N) is 1. The number of fused-ring (bicyclic) bond motifs is 1. The predicted molar refractivity (Wildman–Crippen MR) is 80.0 cm³/mol. The average molecular weight is 268 g/mol. The first-order chi connectivity index (χ1) is 9.83. The molecule has 0 aliphatic carbocycles. The van der Waals surface area contributed by atoms with Crippen molar-refractivity contribution in [2.75, 3.05) is 13.2 Å². The fraction of sp³-hybridized carbons (Fsp3) is 0.353. The predicted octanol–water partition coefficient (Wildman–Crippen LogP) is 2.91. The number of hydrogen-bond acceptors (Lipinski definition) is 3. The molecule has 0 amide bonds. The summed E-state index contributed by atoms with van der Waals surface area (Å²) in [6.07, 6.45) is 3.84. The fourth-order valence-electron chi connectivity index (χ4n) is 2.56. The van der Waals surface area contributed by atoms with Gasteiger partial charge in [-0.2, -0.15) is 0 Å². The lowest BCUT2D eigenvalue weighted by Crippen LogP contribution is -2.21. The lowest BCUT2D eigenvalue weighted by atomic mass is 10.0. The van der Waals surface area contributed by atoms with Crippen molar-refractivity contribution in [3.8, 4) is 5.75 Å². The summed E-state index contributed by atoms with van der Waals surface area (Å²) in [7, 11) is 0. The molecule has 3 rings (SSSR count). The van der Waals surface area contributed by atoms with E-state index < -0.39 is 0 Å². The maximum atomic E-state index is 5.54. The van der Waals surface area contributed by atoms with Crippen LogP contribution in [0.5, 0.6) is 5.75 Å². The van der Waals surface area contributed by atoms with Gasteiger partial charge in [0.25, 0.3) is 0 Å². The van der Waals surface area contributed by atoms with Crippen LogP contribution in [0.25, 0.3) is 0 Å². The average Bonchev–Trinajstić information content (AvgIpc) is 2.95. The molecule has 1 aliphatic heterocycles. The summed E-state index contributed by atoms with van der Waals surface area (Å²) in [5, 5.41) is 3.56. The summed E-state index contributed by atoms with van der Waals surface area (Å²) in [5.41, 5.74) is 3.80. The Bertz CT molecular complexity index is 568. The highest BCUT2D eigenvalue weighted by Gasteiger charge is 2.14. The van der Waals surface area contributed by atoms with Crippen LogP contribution in [0.15, 0.2) is 42.6 Å². The molecule has 104 valence electrons. The van der Waals surface area contributed by atoms with E-state index in [1.807, 2.05) is 18.3 Å². The molecule has 0 bridgehead atoms. The van der Waals surface area contributed by atoms with Gasteiger partial charge in [-0.25, -0.2) is 0 Å². The topological polar surface area (TPSA) is 34.2 Å². The summed E-state index contributed by atoms with van der Waals surface area (Å²) in [4.78, 5) is 4.34. The van der Waals surface area contributed by atoms with Crippen LogP contribution in [-0.4, -0.2) is 18.1 Å². The minimum absolute atomic E-state index is 0.351. The second kappa shape index (κ2) is 6.06. The normalized spacial score (nSPS) is 14.7. The van der Waals surface area contributed by atoms with Gasteiger partial charge in [0.05, 0.1) is 6.61 Å². The van der Waals surface area contributed by atoms with Crippen LogP contribution in [0, 0.1) is 0 Å². The maximum absolute atomic E-state index is 5.54. The highest BCUT2D eigenvalue weighted by Crippen LogP contribution is 2.27. The first-order valence-electron chi connectivity index (χ1n) is 7.22. The summed E-state index contributed by atoms with van der Waals surface area (Å²) < 4.78 is 5.54. The second-order valence-corrected chi connectivity index (χ2v) is 5.21. The molecule has 0 radical (unpaired) electrons. The number of benzene rings is 1. The minimum atomic E-state index is 0.351. The third-order valence-electron chi connectivity index (χ3n) is 3.77. The van der Waals surface area contributed by atoms with Gasteiger partial charge in [-0.1, -0.05) is 18.2 Å². The molecule has 0 saturated carbocycles. The zero-order valence-electron chi connectivity index (χ0n) is 11.8. The van der Waals surface area contributed by atoms with E-state index >= 15 is 0 Å². The molecule has 1 unspecified atom stereocenters. The molecule has 20 heavy (non-hydrogen) atoms. The fourth-order valence-corrected chi connectivity index (χ4v) is 2.56. The Kier molecular flexibility index (Phi) is 3.97. The van der Waals surface area contributed by atoms with Gasteiger partial charge < -0.3 is 10.1 Å². The summed E-state index contributed by atoms with van der Waals surface area (Å²) in [6.45, 7) is 3.96. The number of pyridine rings is 1. The van der Waals surface area contributed by atoms with Gasteiger partial charge in [-0.3, -0.25) is 4.98 Å². The quantitative estimate of drug-likeness (QED) is 0.905. The molecular formula is C17H20N2O. The molecule has 0 fully saturated rings. The highest BCUT2D eigenvalue weighted by atomic mass is 16.5. The Balaban J connectivity index is 1.55. The van der Waals surface area contributed by atoms with Crippen molar-refractivity contribution in [1.29, 1.82) is 0 Å². The number of ether oxygens (including phenoxy) is 1. The van der Waals surface area contributed by atoms with Gasteiger partial charge in [0.15, 0.2) is 0 Å². The van der Waals surface area contributed by atoms with Crippen LogP contribution in [0.4, 0.5) is 0 Å². The molecule has 3 heteroatoms. The van der Waals surface area contributed by atoms with E-state index in [0.717, 1.165) is 37.4 Å². The van der Waals surface area contributed by atoms with E-state index in [9.17, 15) is 0 Å². The first kappa shape index (κ1) is 13.1. The monoisotopic (exact) mass is 268 g/mol. The van der Waals surface area contributed by atoms with Crippen LogP contribution >= 0.6 is 0 Å². The number of aromatic nitrogens is 1. The summed E-state index contributed by atoms with van der Waals surface area (Å²) >= 11 is 0. The molecule has 1 aromatic heterocycles. The van der Waals surface area contributed by atoms with Gasteiger partial charge in [-0.05, 0) is 36.2 Å². The molecule has 1 atom stereocenters. The summed E-state index contributed by atoms with van der Waals surface area (Å²) in [6, 6.07) is 12.9. The Labute approximate surface area is 120 Å². The molecule has 2 aromatic rings. The van der Waals surface area contributed by atoms with Gasteiger partial charge in [0, 0.05) is 37.3 Å². The maximum Gasteiger partial charge on any atom is 0.122 e. The van der Waals surface area contributed by atoms with Crippen LogP contribution in [0.2, 0.25) is 0 Å². The SMILES string of the molecule is CC(NCCc1ccccn1)c1ccc2c(c1)CCO2. The second-order valence-electron chi connectivity index (χ2n) is 5.21. The van der Waals surface area contributed by atoms with Gasteiger partial charge >= 0.3 is 0 Å². The van der Waals surface area contributed by atoms with Gasteiger partial charge in [0.1, 0.15) is 5.75 Å². The zero-order valence-corrected chi connectivity index (χ0v) is 11.8. The molecule has 1 aromatic carbocycles. The molecule has 1 N–H and O–H groups in total. The van der Waals surface area contributed by atoms with Crippen molar-refractivity contribution in [2.24, 2.45) is 0 Å². The van der Waals surface area contributed by atoms with Crippen LogP contribution < -0.4 is 10.1 Å². The lowest BCUT2D eigenvalue weighted by Gasteiger charge is -2.15. The van der Waals surface area contributed by atoms with E-state index in [2.05, 4.69) is 41.5 Å².